The van der Waals surface area contributed by atoms with E-state index < -0.39 is 16.0 Å². The molecule has 110 valence electrons. The van der Waals surface area contributed by atoms with Crippen LogP contribution in [0, 0.1) is 0 Å². The van der Waals surface area contributed by atoms with Gasteiger partial charge in [-0.15, -0.1) is 0 Å². The van der Waals surface area contributed by atoms with Gasteiger partial charge in [0.2, 0.25) is 10.0 Å². The maximum atomic E-state index is 12.6. The van der Waals surface area contributed by atoms with E-state index in [1.807, 2.05) is 0 Å². The second kappa shape index (κ2) is 5.52. The molecule has 0 bridgehead atoms. The third-order valence-electron chi connectivity index (χ3n) is 3.09. The molecule has 20 heavy (non-hydrogen) atoms. The van der Waals surface area contributed by atoms with Gasteiger partial charge in [0, 0.05) is 17.6 Å². The van der Waals surface area contributed by atoms with Crippen LogP contribution in [-0.2, 0) is 10.0 Å². The largest absolute Gasteiger partial charge is 0.478 e. The first-order chi connectivity index (χ1) is 9.28. The molecule has 0 unspecified atom stereocenters. The molecular weight excluding hydrogens is 325 g/mol. The van der Waals surface area contributed by atoms with Crippen LogP contribution < -0.4 is 0 Å². The van der Waals surface area contributed by atoms with Gasteiger partial charge in [0.25, 0.3) is 0 Å². The molecule has 1 aliphatic rings. The van der Waals surface area contributed by atoms with Crippen LogP contribution in [-0.4, -0.2) is 36.4 Å². The Labute approximate surface area is 127 Å². The average Bonchev–Trinajstić information content (AvgIpc) is 3.16. The molecule has 0 amide bonds. The first kappa shape index (κ1) is 15.6. The van der Waals surface area contributed by atoms with Crippen molar-refractivity contribution in [3.63, 3.8) is 0 Å². The van der Waals surface area contributed by atoms with Crippen LogP contribution in [0.25, 0.3) is 0 Å². The van der Waals surface area contributed by atoms with E-state index in [9.17, 15) is 13.2 Å². The molecule has 0 saturated heterocycles. The zero-order chi connectivity index (χ0) is 15.1. The van der Waals surface area contributed by atoms with Crippen LogP contribution >= 0.6 is 23.2 Å². The molecule has 0 radical (unpaired) electrons. The van der Waals surface area contributed by atoms with Gasteiger partial charge < -0.3 is 5.11 Å². The van der Waals surface area contributed by atoms with Crippen molar-refractivity contribution in [1.29, 1.82) is 0 Å². The van der Waals surface area contributed by atoms with Gasteiger partial charge in [-0.2, -0.15) is 4.31 Å². The van der Waals surface area contributed by atoms with Gasteiger partial charge in [0.1, 0.15) is 4.90 Å². The number of carbonyl (C=O) groups is 1. The highest BCUT2D eigenvalue weighted by Gasteiger charge is 2.38. The number of sulfonamides is 1. The second-order valence-corrected chi connectivity index (χ2v) is 7.18. The van der Waals surface area contributed by atoms with E-state index in [0.29, 0.717) is 6.54 Å². The summed E-state index contributed by atoms with van der Waals surface area (Å²) in [4.78, 5) is 10.8. The van der Waals surface area contributed by atoms with Crippen molar-refractivity contribution in [2.45, 2.75) is 30.7 Å². The molecule has 1 saturated carbocycles. The SMILES string of the molecule is CCN(C1CC1)S(=O)(=O)c1cc(Cl)cc(C(=O)O)c1Cl. The van der Waals surface area contributed by atoms with Gasteiger partial charge in [-0.25, -0.2) is 13.2 Å². The van der Waals surface area contributed by atoms with Gasteiger partial charge in [-0.3, -0.25) is 0 Å². The summed E-state index contributed by atoms with van der Waals surface area (Å²) in [5.41, 5.74) is -0.315. The first-order valence-electron chi connectivity index (χ1n) is 6.03. The summed E-state index contributed by atoms with van der Waals surface area (Å²) in [6, 6.07) is 2.29. The Hall–Kier alpha value is -0.820. The van der Waals surface area contributed by atoms with Crippen LogP contribution in [0.4, 0.5) is 0 Å². The maximum absolute atomic E-state index is 12.6. The van der Waals surface area contributed by atoms with Crippen molar-refractivity contribution in [2.75, 3.05) is 6.54 Å². The fraction of sp³-hybridized carbons (Fsp3) is 0.417. The van der Waals surface area contributed by atoms with E-state index in [1.54, 1.807) is 6.92 Å². The zero-order valence-electron chi connectivity index (χ0n) is 10.6. The van der Waals surface area contributed by atoms with Crippen LogP contribution in [0.15, 0.2) is 17.0 Å². The van der Waals surface area contributed by atoms with E-state index >= 15 is 0 Å². The number of aromatic carboxylic acids is 1. The summed E-state index contributed by atoms with van der Waals surface area (Å²) >= 11 is 11.8. The summed E-state index contributed by atoms with van der Waals surface area (Å²) in [6.07, 6.45) is 1.61. The number of rotatable bonds is 5. The van der Waals surface area contributed by atoms with E-state index in [1.165, 1.54) is 10.4 Å². The molecule has 1 aliphatic carbocycles. The molecule has 5 nitrogen and oxygen atoms in total. The normalized spacial score (nSPS) is 15.6. The Morgan fingerprint density at radius 2 is 2.00 bits per heavy atom. The summed E-state index contributed by atoms with van der Waals surface area (Å²) in [5, 5.41) is 8.77. The highest BCUT2D eigenvalue weighted by Crippen LogP contribution is 2.36. The van der Waals surface area contributed by atoms with Crippen LogP contribution in [0.1, 0.15) is 30.1 Å². The fourth-order valence-electron chi connectivity index (χ4n) is 2.02. The minimum absolute atomic E-state index is 0.0252. The molecule has 0 aliphatic heterocycles. The average molecular weight is 338 g/mol. The van der Waals surface area contributed by atoms with E-state index in [4.69, 9.17) is 28.3 Å². The quantitative estimate of drug-likeness (QED) is 0.896. The lowest BCUT2D eigenvalue weighted by Crippen LogP contribution is -2.33. The molecule has 8 heteroatoms. The van der Waals surface area contributed by atoms with E-state index in [0.717, 1.165) is 18.9 Å². The van der Waals surface area contributed by atoms with Crippen molar-refractivity contribution in [2.24, 2.45) is 0 Å². The van der Waals surface area contributed by atoms with Crippen molar-refractivity contribution in [3.8, 4) is 0 Å². The zero-order valence-corrected chi connectivity index (χ0v) is 13.0. The highest BCUT2D eigenvalue weighted by molar-refractivity contribution is 7.89. The smallest absolute Gasteiger partial charge is 0.337 e. The Balaban J connectivity index is 2.59. The van der Waals surface area contributed by atoms with E-state index in [-0.39, 0.29) is 26.5 Å². The Bertz CT molecular complexity index is 656. The van der Waals surface area contributed by atoms with Crippen LogP contribution in [0.3, 0.4) is 0 Å². The van der Waals surface area contributed by atoms with Crippen molar-refractivity contribution < 1.29 is 18.3 Å². The predicted molar refractivity (Wildman–Crippen MR) is 76.0 cm³/mol. The van der Waals surface area contributed by atoms with Gasteiger partial charge >= 0.3 is 5.97 Å². The predicted octanol–water partition coefficient (Wildman–Crippen LogP) is 2.86. The number of hydrogen-bond acceptors (Lipinski definition) is 3. The molecule has 2 rings (SSSR count). The summed E-state index contributed by atoms with van der Waals surface area (Å²) < 4.78 is 26.5. The monoisotopic (exact) mass is 337 g/mol. The highest BCUT2D eigenvalue weighted by atomic mass is 35.5. The lowest BCUT2D eigenvalue weighted by molar-refractivity contribution is 0.0697. The first-order valence-corrected chi connectivity index (χ1v) is 8.22. The number of carboxylic acids is 1. The third kappa shape index (κ3) is 2.79. The number of hydrogen-bond donors (Lipinski definition) is 1. The van der Waals surface area contributed by atoms with Crippen LogP contribution in [0.2, 0.25) is 10.0 Å². The molecule has 0 atom stereocenters. The molecule has 1 aromatic carbocycles. The van der Waals surface area contributed by atoms with Gasteiger partial charge in [0.15, 0.2) is 0 Å². The maximum Gasteiger partial charge on any atom is 0.337 e. The van der Waals surface area contributed by atoms with Crippen molar-refractivity contribution in [1.82, 2.24) is 4.31 Å². The fourth-order valence-corrected chi connectivity index (χ4v) is 4.59. The molecule has 1 aromatic rings. The number of halogens is 2. The number of carboxylic acid groups (broad SMARTS) is 1. The topological polar surface area (TPSA) is 74.7 Å². The minimum Gasteiger partial charge on any atom is -0.478 e. The third-order valence-corrected chi connectivity index (χ3v) is 5.88. The van der Waals surface area contributed by atoms with Crippen LogP contribution in [0.5, 0.6) is 0 Å². The van der Waals surface area contributed by atoms with Gasteiger partial charge in [0.05, 0.1) is 10.6 Å². The van der Waals surface area contributed by atoms with Crippen molar-refractivity contribution >= 4 is 39.2 Å². The minimum atomic E-state index is -3.84. The van der Waals surface area contributed by atoms with Gasteiger partial charge in [-0.1, -0.05) is 30.1 Å². The Morgan fingerprint density at radius 3 is 2.45 bits per heavy atom. The van der Waals surface area contributed by atoms with E-state index in [2.05, 4.69) is 0 Å². The lowest BCUT2D eigenvalue weighted by Gasteiger charge is -2.21. The molecule has 0 aromatic heterocycles. The second-order valence-electron chi connectivity index (χ2n) is 4.51. The van der Waals surface area contributed by atoms with Gasteiger partial charge in [-0.05, 0) is 25.0 Å². The molecule has 1 N–H and O–H groups in total. The van der Waals surface area contributed by atoms with Crippen molar-refractivity contribution in [3.05, 3.63) is 27.7 Å². The molecular formula is C12H13Cl2NO4S. The lowest BCUT2D eigenvalue weighted by atomic mass is 10.2. The molecule has 0 spiro atoms. The molecule has 0 heterocycles. The Morgan fingerprint density at radius 1 is 1.40 bits per heavy atom. The standard InChI is InChI=1S/C12H13Cl2NO4S/c1-2-15(8-3-4-8)20(18,19)10-6-7(13)5-9(11(10)14)12(16)17/h5-6,8H,2-4H2,1H3,(H,16,17). The summed E-state index contributed by atoms with van der Waals surface area (Å²) in [6.45, 7) is 2.03. The summed E-state index contributed by atoms with van der Waals surface area (Å²) in [7, 11) is -3.84. The summed E-state index contributed by atoms with van der Waals surface area (Å²) in [5.74, 6) is -1.32. The Kier molecular flexibility index (Phi) is 4.30. The molecule has 1 fully saturated rings. The number of benzene rings is 1. The number of nitrogens with zero attached hydrogens (tertiary/aromatic N) is 1.